The van der Waals surface area contributed by atoms with Crippen LogP contribution in [0.15, 0.2) is 0 Å². The Balaban J connectivity index is 2.08. The molecule has 0 amide bonds. The van der Waals surface area contributed by atoms with E-state index in [9.17, 15) is 0 Å². The van der Waals surface area contributed by atoms with Crippen molar-refractivity contribution >= 4 is 0 Å². The molecule has 0 aromatic rings. The molecule has 0 aliphatic carbocycles. The molecule has 0 unspecified atom stereocenters. The summed E-state index contributed by atoms with van der Waals surface area (Å²) >= 11 is 0. The van der Waals surface area contributed by atoms with Crippen molar-refractivity contribution in [2.45, 2.75) is 70.5 Å². The molecule has 1 fully saturated rings. The van der Waals surface area contributed by atoms with E-state index in [0.717, 1.165) is 45.7 Å². The standard InChI is InChI=1S/C18H41N5/c1-17(2)14-16(15-18(3,4)23(17)5)22-11-7-10-21-13-12-20-9-6-8-19/h16,20-22H,6-15,19H2,1-5H3. The Morgan fingerprint density at radius 3 is 1.91 bits per heavy atom. The number of rotatable bonds is 11. The van der Waals surface area contributed by atoms with Crippen LogP contribution in [0.1, 0.15) is 53.4 Å². The summed E-state index contributed by atoms with van der Waals surface area (Å²) < 4.78 is 0. The van der Waals surface area contributed by atoms with Crippen LogP contribution < -0.4 is 21.7 Å². The van der Waals surface area contributed by atoms with Crippen LogP contribution in [0.4, 0.5) is 0 Å². The third-order valence-electron chi connectivity index (χ3n) is 5.31. The molecular weight excluding hydrogens is 286 g/mol. The summed E-state index contributed by atoms with van der Waals surface area (Å²) in [6.45, 7) is 15.5. The Kier molecular flexibility index (Phi) is 9.01. The first-order chi connectivity index (χ1) is 10.8. The summed E-state index contributed by atoms with van der Waals surface area (Å²) in [5.74, 6) is 0. The second-order valence-electron chi connectivity index (χ2n) is 8.24. The average Bonchev–Trinajstić information content (AvgIpc) is 2.46. The Bertz CT molecular complexity index is 299. The monoisotopic (exact) mass is 327 g/mol. The molecule has 1 saturated heterocycles. The van der Waals surface area contributed by atoms with Crippen LogP contribution in [-0.2, 0) is 0 Å². The van der Waals surface area contributed by atoms with Crippen LogP contribution in [0.2, 0.25) is 0 Å². The van der Waals surface area contributed by atoms with Crippen molar-refractivity contribution in [3.8, 4) is 0 Å². The van der Waals surface area contributed by atoms with E-state index < -0.39 is 0 Å². The smallest absolute Gasteiger partial charge is 0.0170 e. The maximum atomic E-state index is 5.46. The average molecular weight is 328 g/mol. The summed E-state index contributed by atoms with van der Waals surface area (Å²) in [5.41, 5.74) is 6.00. The zero-order valence-electron chi connectivity index (χ0n) is 16.2. The first-order valence-electron chi connectivity index (χ1n) is 9.38. The number of nitrogens with two attached hydrogens (primary N) is 1. The van der Waals surface area contributed by atoms with E-state index >= 15 is 0 Å². The highest BCUT2D eigenvalue weighted by Gasteiger charge is 2.42. The molecule has 23 heavy (non-hydrogen) atoms. The Labute approximate surface area is 144 Å². The predicted octanol–water partition coefficient (Wildman–Crippen LogP) is 1.15. The zero-order chi connectivity index (χ0) is 17.3. The fourth-order valence-electron chi connectivity index (χ4n) is 3.69. The van der Waals surface area contributed by atoms with Crippen molar-refractivity contribution in [2.24, 2.45) is 5.73 Å². The lowest BCUT2D eigenvalue weighted by atomic mass is 9.77. The van der Waals surface area contributed by atoms with Gasteiger partial charge in [-0.3, -0.25) is 4.90 Å². The quantitative estimate of drug-likeness (QED) is 0.429. The Morgan fingerprint density at radius 1 is 0.870 bits per heavy atom. The highest BCUT2D eigenvalue weighted by molar-refractivity contribution is 5.00. The maximum Gasteiger partial charge on any atom is 0.0170 e. The molecule has 0 bridgehead atoms. The molecule has 5 N–H and O–H groups in total. The van der Waals surface area contributed by atoms with E-state index in [0.29, 0.717) is 6.04 Å². The van der Waals surface area contributed by atoms with E-state index in [2.05, 4.69) is 55.6 Å². The number of hydrogen-bond donors (Lipinski definition) is 4. The van der Waals surface area contributed by atoms with Crippen molar-refractivity contribution in [3.63, 3.8) is 0 Å². The minimum atomic E-state index is 0.271. The molecular formula is C18H41N5. The van der Waals surface area contributed by atoms with Crippen molar-refractivity contribution in [2.75, 3.05) is 46.3 Å². The Morgan fingerprint density at radius 2 is 1.39 bits per heavy atom. The molecule has 1 aliphatic heterocycles. The second-order valence-corrected chi connectivity index (χ2v) is 8.24. The summed E-state index contributed by atoms with van der Waals surface area (Å²) in [7, 11) is 2.27. The van der Waals surface area contributed by atoms with Gasteiger partial charge >= 0.3 is 0 Å². The molecule has 138 valence electrons. The van der Waals surface area contributed by atoms with E-state index in [1.54, 1.807) is 0 Å². The molecule has 5 nitrogen and oxygen atoms in total. The molecule has 1 heterocycles. The van der Waals surface area contributed by atoms with E-state index in [1.165, 1.54) is 19.3 Å². The van der Waals surface area contributed by atoms with Gasteiger partial charge in [0, 0.05) is 30.2 Å². The molecule has 0 aromatic heterocycles. The normalized spacial score (nSPS) is 21.7. The fourth-order valence-corrected chi connectivity index (χ4v) is 3.69. The van der Waals surface area contributed by atoms with Gasteiger partial charge in [-0.25, -0.2) is 0 Å². The lowest BCUT2D eigenvalue weighted by Crippen LogP contribution is -2.62. The minimum absolute atomic E-state index is 0.271. The van der Waals surface area contributed by atoms with Crippen molar-refractivity contribution in [3.05, 3.63) is 0 Å². The van der Waals surface area contributed by atoms with E-state index in [4.69, 9.17) is 5.73 Å². The molecule has 0 saturated carbocycles. The third-order valence-corrected chi connectivity index (χ3v) is 5.31. The van der Waals surface area contributed by atoms with Crippen LogP contribution in [-0.4, -0.2) is 68.3 Å². The van der Waals surface area contributed by atoms with Gasteiger partial charge in [-0.15, -0.1) is 0 Å². The van der Waals surface area contributed by atoms with Gasteiger partial charge in [0.15, 0.2) is 0 Å². The molecule has 0 radical (unpaired) electrons. The third kappa shape index (κ3) is 7.48. The van der Waals surface area contributed by atoms with Crippen LogP contribution in [0.3, 0.4) is 0 Å². The van der Waals surface area contributed by atoms with Gasteiger partial charge in [-0.1, -0.05) is 0 Å². The van der Waals surface area contributed by atoms with Gasteiger partial charge in [-0.2, -0.15) is 0 Å². The molecule has 1 aliphatic rings. The van der Waals surface area contributed by atoms with Crippen molar-refractivity contribution in [1.82, 2.24) is 20.9 Å². The summed E-state index contributed by atoms with van der Waals surface area (Å²) in [4.78, 5) is 2.54. The summed E-state index contributed by atoms with van der Waals surface area (Å²) in [6.07, 6.45) is 4.71. The number of nitrogens with zero attached hydrogens (tertiary/aromatic N) is 1. The van der Waals surface area contributed by atoms with Crippen molar-refractivity contribution < 1.29 is 0 Å². The van der Waals surface area contributed by atoms with Gasteiger partial charge in [0.2, 0.25) is 0 Å². The number of hydrogen-bond acceptors (Lipinski definition) is 5. The van der Waals surface area contributed by atoms with Crippen molar-refractivity contribution in [1.29, 1.82) is 0 Å². The van der Waals surface area contributed by atoms with Crippen LogP contribution in [0, 0.1) is 0 Å². The van der Waals surface area contributed by atoms with Gasteiger partial charge < -0.3 is 21.7 Å². The molecule has 0 aromatic carbocycles. The molecule has 1 rings (SSSR count). The molecule has 5 heteroatoms. The van der Waals surface area contributed by atoms with Gasteiger partial charge in [-0.05, 0) is 86.6 Å². The lowest BCUT2D eigenvalue weighted by molar-refractivity contribution is -0.0180. The molecule has 0 atom stereocenters. The maximum absolute atomic E-state index is 5.46. The number of nitrogens with one attached hydrogen (secondary N) is 3. The molecule has 0 spiro atoms. The second kappa shape index (κ2) is 9.94. The largest absolute Gasteiger partial charge is 0.330 e. The first-order valence-corrected chi connectivity index (χ1v) is 9.38. The number of piperidine rings is 1. The fraction of sp³-hybridized carbons (Fsp3) is 1.00. The topological polar surface area (TPSA) is 65.3 Å². The van der Waals surface area contributed by atoms with Crippen LogP contribution >= 0.6 is 0 Å². The zero-order valence-corrected chi connectivity index (χ0v) is 16.2. The Hall–Kier alpha value is -0.200. The minimum Gasteiger partial charge on any atom is -0.330 e. The lowest BCUT2D eigenvalue weighted by Gasteiger charge is -2.53. The summed E-state index contributed by atoms with van der Waals surface area (Å²) in [5, 5.41) is 10.7. The first kappa shape index (κ1) is 20.8. The summed E-state index contributed by atoms with van der Waals surface area (Å²) in [6, 6.07) is 0.633. The van der Waals surface area contributed by atoms with Gasteiger partial charge in [0.25, 0.3) is 0 Å². The predicted molar refractivity (Wildman–Crippen MR) is 101 cm³/mol. The number of likely N-dealkylation sites (tertiary alicyclic amines) is 1. The van der Waals surface area contributed by atoms with Gasteiger partial charge in [0.05, 0.1) is 0 Å². The SMILES string of the molecule is CN1C(C)(C)CC(NCCCNCCNCCCN)CC1(C)C. The highest BCUT2D eigenvalue weighted by Crippen LogP contribution is 2.36. The van der Waals surface area contributed by atoms with Crippen LogP contribution in [0.5, 0.6) is 0 Å². The van der Waals surface area contributed by atoms with E-state index in [1.807, 2.05) is 0 Å². The highest BCUT2D eigenvalue weighted by atomic mass is 15.2. The van der Waals surface area contributed by atoms with Gasteiger partial charge in [0.1, 0.15) is 0 Å². The van der Waals surface area contributed by atoms with E-state index in [-0.39, 0.29) is 11.1 Å². The van der Waals surface area contributed by atoms with Crippen LogP contribution in [0.25, 0.3) is 0 Å².